The van der Waals surface area contributed by atoms with Crippen molar-refractivity contribution in [1.29, 1.82) is 5.26 Å². The van der Waals surface area contributed by atoms with Crippen LogP contribution in [0.1, 0.15) is 70.3 Å². The highest BCUT2D eigenvalue weighted by Crippen LogP contribution is 2.40. The summed E-state index contributed by atoms with van der Waals surface area (Å²) in [6.45, 7) is 12.6. The number of ether oxygens (including phenoxy) is 3. The molecule has 20 heteroatoms. The largest absolute Gasteiger partial charge is 0.490 e. The molecule has 2 saturated heterocycles. The molecule has 0 unspecified atom stereocenters. The predicted molar refractivity (Wildman–Crippen MR) is 268 cm³/mol. The Hall–Kier alpha value is -7.08. The Balaban J connectivity index is 0.879. The molecule has 15 nitrogen and oxygen atoms in total. The molecular formula is C52H54F3N7O8S2. The molecule has 4 atom stereocenters. The Kier molecular flexibility index (Phi) is 15.6. The smallest absolute Gasteiger partial charge is 0.417 e. The second-order valence-corrected chi connectivity index (χ2v) is 20.2. The van der Waals surface area contributed by atoms with Gasteiger partial charge in [-0.15, -0.1) is 11.3 Å². The molecule has 0 bridgehead atoms. The molecule has 0 spiro atoms. The van der Waals surface area contributed by atoms with Crippen LogP contribution in [-0.4, -0.2) is 93.3 Å². The quantitative estimate of drug-likeness (QED) is 0.0641. The van der Waals surface area contributed by atoms with Gasteiger partial charge in [0.1, 0.15) is 48.1 Å². The van der Waals surface area contributed by atoms with E-state index in [1.165, 1.54) is 17.0 Å². The molecule has 7 rings (SSSR count). The second kappa shape index (κ2) is 21.3. The van der Waals surface area contributed by atoms with E-state index in [0.29, 0.717) is 22.9 Å². The number of amides is 4. The normalized spacial score (nSPS) is 17.6. The first kappa shape index (κ1) is 52.7. The number of benzene rings is 4. The third-order valence-corrected chi connectivity index (χ3v) is 13.6. The molecule has 5 aromatic rings. The highest BCUT2D eigenvalue weighted by atomic mass is 32.1. The Morgan fingerprint density at radius 2 is 1.54 bits per heavy atom. The molecule has 2 fully saturated rings. The van der Waals surface area contributed by atoms with Crippen LogP contribution in [0.3, 0.4) is 0 Å². The van der Waals surface area contributed by atoms with E-state index in [2.05, 4.69) is 15.6 Å². The molecule has 0 aliphatic carbocycles. The van der Waals surface area contributed by atoms with Crippen LogP contribution in [0.15, 0.2) is 96.5 Å². The van der Waals surface area contributed by atoms with E-state index in [9.17, 15) is 42.7 Å². The number of alkyl halides is 3. The van der Waals surface area contributed by atoms with Gasteiger partial charge in [-0.25, -0.2) is 4.98 Å². The number of nitrogens with one attached hydrogen (secondary N) is 2. The average molecular weight is 1030 g/mol. The standard InChI is InChI=1S/C52H54F3N7O8S2/c1-30-43(72-29-58-30)33-10-8-32(9-11-33)27-57-46(65)42-25-37(63)28-60(42)47(66)44(50(3,4)5)59-45(64)31(2)70-40-20-18-39(19-21-40)69-23-22-68-38-16-14-35(15-17-38)62-49(71)61(48(67)51(62,6)7)36-13-12-34(26-56)41(24-36)52(53,54)55/h8-21,24,29,31,37,42,44,63H,22-23,25,27-28H2,1-7H3,(H,57,65)(H,59,64)/t31-,37-,42-,44-/m1/s1. The van der Waals surface area contributed by atoms with Gasteiger partial charge in [-0.3, -0.25) is 24.1 Å². The maximum Gasteiger partial charge on any atom is 0.417 e. The van der Waals surface area contributed by atoms with E-state index in [0.717, 1.165) is 38.7 Å². The number of thiazole rings is 1. The monoisotopic (exact) mass is 1030 g/mol. The fourth-order valence-electron chi connectivity index (χ4n) is 8.38. The molecule has 2 aliphatic heterocycles. The summed E-state index contributed by atoms with van der Waals surface area (Å²) in [7, 11) is 0. The zero-order chi connectivity index (χ0) is 52.3. The van der Waals surface area contributed by atoms with Gasteiger partial charge in [0.05, 0.1) is 45.1 Å². The first-order valence-corrected chi connectivity index (χ1v) is 24.2. The number of aliphatic hydroxyl groups excluding tert-OH is 1. The number of β-amino-alcohol motifs (C(OH)–C–C–N with tert-alkyl or cyclic N) is 1. The topological polar surface area (TPSA) is 187 Å². The van der Waals surface area contributed by atoms with Gasteiger partial charge in [0.15, 0.2) is 11.2 Å². The van der Waals surface area contributed by atoms with Gasteiger partial charge in [0.2, 0.25) is 11.8 Å². The van der Waals surface area contributed by atoms with Crippen molar-refractivity contribution in [2.75, 3.05) is 29.6 Å². The van der Waals surface area contributed by atoms with Crippen molar-refractivity contribution in [3.63, 3.8) is 0 Å². The van der Waals surface area contributed by atoms with Crippen LogP contribution in [0.5, 0.6) is 17.2 Å². The van der Waals surface area contributed by atoms with E-state index in [4.69, 9.17) is 26.4 Å². The third-order valence-electron chi connectivity index (χ3n) is 12.3. The van der Waals surface area contributed by atoms with Crippen LogP contribution in [0.2, 0.25) is 0 Å². The summed E-state index contributed by atoms with van der Waals surface area (Å²) < 4.78 is 58.9. The number of hydrogen-bond acceptors (Lipinski definition) is 12. The molecular weight excluding hydrogens is 972 g/mol. The maximum absolute atomic E-state index is 14.2. The Bertz CT molecular complexity index is 2860. The Labute approximate surface area is 424 Å². The van der Waals surface area contributed by atoms with Gasteiger partial charge in [0, 0.05) is 25.2 Å². The number of hydrogen-bond donors (Lipinski definition) is 3. The molecule has 378 valence electrons. The van der Waals surface area contributed by atoms with E-state index >= 15 is 0 Å². The molecule has 1 aromatic heterocycles. The van der Waals surface area contributed by atoms with E-state index in [-0.39, 0.29) is 43.5 Å². The third kappa shape index (κ3) is 11.6. The summed E-state index contributed by atoms with van der Waals surface area (Å²) in [5.41, 5.74) is 1.25. The van der Waals surface area contributed by atoms with Gasteiger partial charge in [-0.2, -0.15) is 18.4 Å². The molecule has 4 aromatic carbocycles. The number of aryl methyl sites for hydroxylation is 1. The number of anilines is 2. The van der Waals surface area contributed by atoms with Crippen molar-refractivity contribution in [2.24, 2.45) is 5.41 Å². The van der Waals surface area contributed by atoms with Crippen molar-refractivity contribution >= 4 is 63.7 Å². The van der Waals surface area contributed by atoms with Gasteiger partial charge in [-0.05, 0) is 123 Å². The number of halogens is 3. The molecule has 3 heterocycles. The molecule has 3 N–H and O–H groups in total. The van der Waals surface area contributed by atoms with Crippen LogP contribution >= 0.6 is 23.6 Å². The van der Waals surface area contributed by atoms with Gasteiger partial charge >= 0.3 is 6.18 Å². The van der Waals surface area contributed by atoms with E-state index in [1.54, 1.807) is 112 Å². The van der Waals surface area contributed by atoms with Gasteiger partial charge in [-0.1, -0.05) is 45.0 Å². The minimum Gasteiger partial charge on any atom is -0.490 e. The number of nitriles is 1. The zero-order valence-corrected chi connectivity index (χ0v) is 42.2. The lowest BCUT2D eigenvalue weighted by Gasteiger charge is -2.35. The van der Waals surface area contributed by atoms with Crippen molar-refractivity contribution < 1.29 is 51.7 Å². The molecule has 0 radical (unpaired) electrons. The lowest BCUT2D eigenvalue weighted by molar-refractivity contribution is -0.145. The number of rotatable bonds is 16. The highest BCUT2D eigenvalue weighted by Gasteiger charge is 2.51. The van der Waals surface area contributed by atoms with Crippen LogP contribution in [0.25, 0.3) is 10.4 Å². The number of carbonyl (C=O) groups excluding carboxylic acids is 4. The molecule has 72 heavy (non-hydrogen) atoms. The number of nitrogens with zero attached hydrogens (tertiary/aromatic N) is 5. The van der Waals surface area contributed by atoms with Crippen molar-refractivity contribution in [3.05, 3.63) is 119 Å². The summed E-state index contributed by atoms with van der Waals surface area (Å²) in [5.74, 6) is -0.677. The summed E-state index contributed by atoms with van der Waals surface area (Å²) in [5, 5.41) is 25.6. The molecule has 2 aliphatic rings. The number of aliphatic hydroxyl groups is 1. The van der Waals surface area contributed by atoms with Gasteiger partial charge < -0.3 is 39.8 Å². The fraction of sp³-hybridized carbons (Fsp3) is 0.365. The predicted octanol–water partition coefficient (Wildman–Crippen LogP) is 7.96. The number of thiocarbonyl (C=S) groups is 1. The van der Waals surface area contributed by atoms with Crippen LogP contribution in [-0.2, 0) is 31.9 Å². The lowest BCUT2D eigenvalue weighted by atomic mass is 9.85. The summed E-state index contributed by atoms with van der Waals surface area (Å²) in [4.78, 5) is 64.1. The lowest BCUT2D eigenvalue weighted by Crippen LogP contribution is -2.59. The summed E-state index contributed by atoms with van der Waals surface area (Å²) in [6.07, 6.45) is -6.71. The van der Waals surface area contributed by atoms with Crippen molar-refractivity contribution in [2.45, 2.75) is 97.4 Å². The van der Waals surface area contributed by atoms with Crippen LogP contribution < -0.4 is 34.6 Å². The highest BCUT2D eigenvalue weighted by molar-refractivity contribution is 7.81. The van der Waals surface area contributed by atoms with Crippen LogP contribution in [0.4, 0.5) is 24.5 Å². The zero-order valence-electron chi connectivity index (χ0n) is 40.6. The minimum atomic E-state index is -4.82. The fourth-order valence-corrected chi connectivity index (χ4v) is 9.72. The first-order valence-electron chi connectivity index (χ1n) is 23.0. The molecule has 0 saturated carbocycles. The van der Waals surface area contributed by atoms with Crippen molar-refractivity contribution in [1.82, 2.24) is 20.5 Å². The van der Waals surface area contributed by atoms with Gasteiger partial charge in [0.25, 0.3) is 11.8 Å². The number of aromatic nitrogens is 1. The second-order valence-electron chi connectivity index (χ2n) is 19.0. The number of likely N-dealkylation sites (tertiary alicyclic amines) is 1. The Morgan fingerprint density at radius 3 is 2.11 bits per heavy atom. The molecule has 4 amide bonds. The summed E-state index contributed by atoms with van der Waals surface area (Å²) in [6, 6.07) is 23.6. The average Bonchev–Trinajstić information content (AvgIpc) is 4.00. The summed E-state index contributed by atoms with van der Waals surface area (Å²) >= 11 is 7.18. The Morgan fingerprint density at radius 1 is 0.944 bits per heavy atom. The van der Waals surface area contributed by atoms with E-state index in [1.807, 2.05) is 31.2 Å². The van der Waals surface area contributed by atoms with Crippen molar-refractivity contribution in [3.8, 4) is 33.8 Å². The van der Waals surface area contributed by atoms with Crippen LogP contribution in [0, 0.1) is 23.7 Å². The minimum absolute atomic E-state index is 0.0327. The van der Waals surface area contributed by atoms with E-state index < -0.39 is 76.2 Å². The number of carbonyl (C=O) groups is 4. The SMILES string of the molecule is Cc1ncsc1-c1ccc(CNC(=O)[C@H]2C[C@@H](O)CN2C(=O)[C@@H](NC(=O)[C@@H](C)Oc2ccc(OCCOc3ccc(N4C(=S)N(c5ccc(C#N)c(C(F)(F)F)c5)C(=O)C4(C)C)cc3)cc2)C(C)(C)C)cc1. The first-order chi connectivity index (χ1) is 34.0. The maximum atomic E-state index is 14.2.